The highest BCUT2D eigenvalue weighted by Gasteiger charge is 2.26. The fourth-order valence-corrected chi connectivity index (χ4v) is 2.10. The number of carbonyl (C=O) groups is 1. The first-order chi connectivity index (χ1) is 8.79. The maximum atomic E-state index is 11.9. The van der Waals surface area contributed by atoms with Crippen LogP contribution in [0.25, 0.3) is 0 Å². The Hall–Kier alpha value is -1.62. The third-order valence-electron chi connectivity index (χ3n) is 3.04. The Morgan fingerprint density at radius 3 is 3.22 bits per heavy atom. The first-order valence-corrected chi connectivity index (χ1v) is 6.09. The Morgan fingerprint density at radius 1 is 1.61 bits per heavy atom. The summed E-state index contributed by atoms with van der Waals surface area (Å²) in [6.45, 7) is 2.35. The number of pyridine rings is 1. The zero-order valence-corrected chi connectivity index (χ0v) is 10.5. The molecule has 0 spiro atoms. The lowest BCUT2D eigenvalue weighted by Crippen LogP contribution is -2.33. The van der Waals surface area contributed by atoms with Crippen molar-refractivity contribution < 1.29 is 14.3 Å². The Bertz CT molecular complexity index is 383. The highest BCUT2D eigenvalue weighted by molar-refractivity contribution is 5.78. The summed E-state index contributed by atoms with van der Waals surface area (Å²) in [6, 6.07) is 3.57. The van der Waals surface area contributed by atoms with Gasteiger partial charge in [-0.2, -0.15) is 0 Å². The van der Waals surface area contributed by atoms with Crippen LogP contribution in [0.4, 0.5) is 0 Å². The summed E-state index contributed by atoms with van der Waals surface area (Å²) in [4.78, 5) is 17.7. The minimum Gasteiger partial charge on any atom is -0.482 e. The van der Waals surface area contributed by atoms with Crippen LogP contribution in [0.2, 0.25) is 0 Å². The Labute approximate surface area is 107 Å². The van der Waals surface area contributed by atoms with Gasteiger partial charge < -0.3 is 14.4 Å². The minimum atomic E-state index is 0.0254. The highest BCUT2D eigenvalue weighted by Crippen LogP contribution is 2.16. The second-order valence-electron chi connectivity index (χ2n) is 4.43. The largest absolute Gasteiger partial charge is 0.482 e. The molecular formula is C13H18N2O3. The predicted octanol–water partition coefficient (Wildman–Crippen LogP) is 0.955. The van der Waals surface area contributed by atoms with E-state index in [9.17, 15) is 4.79 Å². The normalized spacial score (nSPS) is 18.9. The minimum absolute atomic E-state index is 0.0254. The highest BCUT2D eigenvalue weighted by atomic mass is 16.5. The van der Waals surface area contributed by atoms with Gasteiger partial charge in [-0.15, -0.1) is 0 Å². The molecule has 5 heteroatoms. The van der Waals surface area contributed by atoms with E-state index in [-0.39, 0.29) is 12.5 Å². The number of hydrogen-bond acceptors (Lipinski definition) is 4. The van der Waals surface area contributed by atoms with Crippen molar-refractivity contribution in [3.63, 3.8) is 0 Å². The molecule has 1 aromatic heterocycles. The van der Waals surface area contributed by atoms with Crippen LogP contribution in [0, 0.1) is 5.92 Å². The molecule has 98 valence electrons. The molecule has 1 atom stereocenters. The zero-order valence-electron chi connectivity index (χ0n) is 10.5. The van der Waals surface area contributed by atoms with Gasteiger partial charge in [-0.3, -0.25) is 9.78 Å². The van der Waals surface area contributed by atoms with Crippen molar-refractivity contribution in [1.29, 1.82) is 0 Å². The van der Waals surface area contributed by atoms with Gasteiger partial charge in [0.05, 0.1) is 12.8 Å². The van der Waals surface area contributed by atoms with Gasteiger partial charge in [0, 0.05) is 32.3 Å². The molecule has 0 aliphatic carbocycles. The summed E-state index contributed by atoms with van der Waals surface area (Å²) in [5.41, 5.74) is 0. The van der Waals surface area contributed by atoms with E-state index >= 15 is 0 Å². The molecule has 0 bridgehead atoms. The number of ether oxygens (including phenoxy) is 2. The summed E-state index contributed by atoms with van der Waals surface area (Å²) in [5.74, 6) is 1.10. The second kappa shape index (κ2) is 6.35. The lowest BCUT2D eigenvalue weighted by atomic mass is 10.1. The summed E-state index contributed by atoms with van der Waals surface area (Å²) in [7, 11) is 1.69. The van der Waals surface area contributed by atoms with E-state index in [1.54, 1.807) is 31.6 Å². The zero-order chi connectivity index (χ0) is 12.8. The molecule has 1 aliphatic heterocycles. The number of methoxy groups -OCH3 is 1. The molecule has 2 rings (SSSR count). The number of nitrogens with zero attached hydrogens (tertiary/aromatic N) is 2. The Balaban J connectivity index is 1.76. The van der Waals surface area contributed by atoms with Gasteiger partial charge in [0.15, 0.2) is 6.61 Å². The molecule has 1 aliphatic rings. The average molecular weight is 250 g/mol. The van der Waals surface area contributed by atoms with Crippen LogP contribution in [-0.4, -0.2) is 49.2 Å². The van der Waals surface area contributed by atoms with Gasteiger partial charge in [-0.05, 0) is 18.6 Å². The van der Waals surface area contributed by atoms with Crippen molar-refractivity contribution in [3.05, 3.63) is 24.5 Å². The van der Waals surface area contributed by atoms with Gasteiger partial charge in [0.1, 0.15) is 5.75 Å². The van der Waals surface area contributed by atoms with Gasteiger partial charge in [-0.25, -0.2) is 0 Å². The first kappa shape index (κ1) is 12.8. The summed E-state index contributed by atoms with van der Waals surface area (Å²) < 4.78 is 10.5. The molecule has 0 N–H and O–H groups in total. The molecule has 18 heavy (non-hydrogen) atoms. The standard InChI is InChI=1S/C13H18N2O3/c1-17-9-11-4-6-15(8-11)13(16)10-18-12-3-2-5-14-7-12/h2-3,5,7,11H,4,6,8-10H2,1H3/t11-/m1/s1. The molecule has 1 aromatic rings. The molecule has 5 nitrogen and oxygen atoms in total. The van der Waals surface area contributed by atoms with E-state index in [0.29, 0.717) is 18.3 Å². The van der Waals surface area contributed by atoms with Gasteiger partial charge in [0.2, 0.25) is 0 Å². The van der Waals surface area contributed by atoms with Crippen LogP contribution < -0.4 is 4.74 Å². The smallest absolute Gasteiger partial charge is 0.260 e. The molecule has 0 radical (unpaired) electrons. The van der Waals surface area contributed by atoms with Crippen molar-refractivity contribution in [2.24, 2.45) is 5.92 Å². The van der Waals surface area contributed by atoms with Crippen LogP contribution in [0.3, 0.4) is 0 Å². The molecule has 0 saturated carbocycles. The molecule has 2 heterocycles. The van der Waals surface area contributed by atoms with E-state index < -0.39 is 0 Å². The van der Waals surface area contributed by atoms with Crippen LogP contribution in [-0.2, 0) is 9.53 Å². The first-order valence-electron chi connectivity index (χ1n) is 6.09. The number of carbonyl (C=O) groups excluding carboxylic acids is 1. The SMILES string of the molecule is COC[C@@H]1CCN(C(=O)COc2cccnc2)C1. The maximum absolute atomic E-state index is 11.9. The maximum Gasteiger partial charge on any atom is 0.260 e. The third-order valence-corrected chi connectivity index (χ3v) is 3.04. The van der Waals surface area contributed by atoms with E-state index in [0.717, 1.165) is 19.5 Å². The summed E-state index contributed by atoms with van der Waals surface area (Å²) in [5, 5.41) is 0. The Kier molecular flexibility index (Phi) is 4.52. The third kappa shape index (κ3) is 3.43. The fourth-order valence-electron chi connectivity index (χ4n) is 2.10. The van der Waals surface area contributed by atoms with Crippen LogP contribution in [0.1, 0.15) is 6.42 Å². The number of likely N-dealkylation sites (tertiary alicyclic amines) is 1. The number of amides is 1. The van der Waals surface area contributed by atoms with E-state index in [2.05, 4.69) is 4.98 Å². The fraction of sp³-hybridized carbons (Fsp3) is 0.538. The molecular weight excluding hydrogens is 232 g/mol. The monoisotopic (exact) mass is 250 g/mol. The van der Waals surface area contributed by atoms with Crippen LogP contribution in [0.5, 0.6) is 5.75 Å². The van der Waals surface area contributed by atoms with Crippen LogP contribution >= 0.6 is 0 Å². The molecule has 0 aromatic carbocycles. The van der Waals surface area contributed by atoms with Gasteiger partial charge in [-0.1, -0.05) is 0 Å². The number of hydrogen-bond donors (Lipinski definition) is 0. The van der Waals surface area contributed by atoms with Crippen molar-refractivity contribution in [2.45, 2.75) is 6.42 Å². The van der Waals surface area contributed by atoms with Crippen molar-refractivity contribution >= 4 is 5.91 Å². The summed E-state index contributed by atoms with van der Waals surface area (Å²) in [6.07, 6.45) is 4.28. The van der Waals surface area contributed by atoms with E-state index in [4.69, 9.17) is 9.47 Å². The van der Waals surface area contributed by atoms with Crippen molar-refractivity contribution in [1.82, 2.24) is 9.88 Å². The lowest BCUT2D eigenvalue weighted by Gasteiger charge is -2.16. The quantitative estimate of drug-likeness (QED) is 0.781. The average Bonchev–Trinajstić information content (AvgIpc) is 2.86. The van der Waals surface area contributed by atoms with Crippen molar-refractivity contribution in [3.8, 4) is 5.75 Å². The van der Waals surface area contributed by atoms with E-state index in [1.807, 2.05) is 4.90 Å². The molecule has 1 amide bonds. The lowest BCUT2D eigenvalue weighted by molar-refractivity contribution is -0.132. The van der Waals surface area contributed by atoms with Crippen molar-refractivity contribution in [2.75, 3.05) is 33.4 Å². The predicted molar refractivity (Wildman–Crippen MR) is 66.3 cm³/mol. The number of aromatic nitrogens is 1. The van der Waals surface area contributed by atoms with Gasteiger partial charge in [0.25, 0.3) is 5.91 Å². The summed E-state index contributed by atoms with van der Waals surface area (Å²) >= 11 is 0. The van der Waals surface area contributed by atoms with Crippen LogP contribution in [0.15, 0.2) is 24.5 Å². The van der Waals surface area contributed by atoms with Gasteiger partial charge >= 0.3 is 0 Å². The molecule has 1 saturated heterocycles. The molecule has 0 unspecified atom stereocenters. The topological polar surface area (TPSA) is 51.7 Å². The van der Waals surface area contributed by atoms with E-state index in [1.165, 1.54) is 0 Å². The molecule has 1 fully saturated rings. The Morgan fingerprint density at radius 2 is 2.50 bits per heavy atom. The number of rotatable bonds is 5. The second-order valence-corrected chi connectivity index (χ2v) is 4.43.